The Balaban J connectivity index is 4.59. The molecule has 0 aromatic rings. The molecule has 96 valence electrons. The van der Waals surface area contributed by atoms with E-state index in [9.17, 15) is 14.4 Å². The average Bonchev–Trinajstić information content (AvgIpc) is 2.33. The Morgan fingerprint density at radius 1 is 1.18 bits per heavy atom. The molecule has 0 aromatic carbocycles. The quantitative estimate of drug-likeness (QED) is 0.427. The van der Waals surface area contributed by atoms with Gasteiger partial charge in [-0.2, -0.15) is 0 Å². The van der Waals surface area contributed by atoms with Gasteiger partial charge in [0, 0.05) is 0 Å². The first-order chi connectivity index (χ1) is 8.04. The number of rotatable bonds is 5. The average molecular weight is 245 g/mol. The zero-order valence-corrected chi connectivity index (χ0v) is 9.94. The van der Waals surface area contributed by atoms with Crippen molar-refractivity contribution in [1.29, 1.82) is 0 Å². The van der Waals surface area contributed by atoms with E-state index in [-0.39, 0.29) is 18.7 Å². The number of hydrogen-bond acceptors (Lipinski definition) is 6. The second-order valence-electron chi connectivity index (χ2n) is 2.74. The lowest BCUT2D eigenvalue weighted by atomic mass is 10.3. The van der Waals surface area contributed by atoms with Gasteiger partial charge in [0.15, 0.2) is 0 Å². The molecule has 0 aliphatic heterocycles. The summed E-state index contributed by atoms with van der Waals surface area (Å²) in [6.45, 7) is 1.78. The summed E-state index contributed by atoms with van der Waals surface area (Å²) < 4.78 is 13.4. The molecular formula is C10H15NO6. The van der Waals surface area contributed by atoms with Crippen molar-refractivity contribution in [2.45, 2.75) is 13.3 Å². The van der Waals surface area contributed by atoms with Gasteiger partial charge in [0.2, 0.25) is 0 Å². The van der Waals surface area contributed by atoms with E-state index >= 15 is 0 Å². The highest BCUT2D eigenvalue weighted by Gasteiger charge is 2.14. The minimum Gasteiger partial charge on any atom is -0.469 e. The van der Waals surface area contributed by atoms with Crippen molar-refractivity contribution in [3.05, 3.63) is 11.8 Å². The maximum Gasteiger partial charge on any atom is 0.411 e. The highest BCUT2D eigenvalue weighted by molar-refractivity contribution is 5.92. The number of methoxy groups -OCH3 is 2. The van der Waals surface area contributed by atoms with E-state index in [2.05, 4.69) is 19.5 Å². The molecule has 0 aliphatic rings. The molecule has 0 atom stereocenters. The largest absolute Gasteiger partial charge is 0.469 e. The molecular weight excluding hydrogens is 230 g/mol. The standard InChI is InChI=1S/C10H15NO6/c1-4-17-10(14)11-7(9(13)16-3)5-6-8(12)15-2/h5H,4,6H2,1-3H3,(H,11,14)/b7-5+. The van der Waals surface area contributed by atoms with Gasteiger partial charge in [-0.1, -0.05) is 0 Å². The third-order valence-corrected chi connectivity index (χ3v) is 1.62. The maximum absolute atomic E-state index is 11.2. The summed E-state index contributed by atoms with van der Waals surface area (Å²) in [6.07, 6.45) is 0.232. The van der Waals surface area contributed by atoms with Gasteiger partial charge in [-0.15, -0.1) is 0 Å². The Hall–Kier alpha value is -2.05. The minimum absolute atomic E-state index is 0.159. The van der Waals surface area contributed by atoms with Crippen molar-refractivity contribution in [2.24, 2.45) is 0 Å². The Labute approximate surface area is 98.7 Å². The second kappa shape index (κ2) is 8.14. The number of carbonyl (C=O) groups is 3. The van der Waals surface area contributed by atoms with Crippen LogP contribution < -0.4 is 5.32 Å². The van der Waals surface area contributed by atoms with Gasteiger partial charge in [-0.3, -0.25) is 10.1 Å². The summed E-state index contributed by atoms with van der Waals surface area (Å²) >= 11 is 0. The molecule has 0 bridgehead atoms. The summed E-state index contributed by atoms with van der Waals surface area (Å²) in [7, 11) is 2.37. The molecule has 7 heteroatoms. The van der Waals surface area contributed by atoms with Crippen LogP contribution in [0.1, 0.15) is 13.3 Å². The lowest BCUT2D eigenvalue weighted by Crippen LogP contribution is -2.29. The van der Waals surface area contributed by atoms with Crippen LogP contribution in [0.5, 0.6) is 0 Å². The van der Waals surface area contributed by atoms with Crippen LogP contribution in [0.2, 0.25) is 0 Å². The summed E-state index contributed by atoms with van der Waals surface area (Å²) in [4.78, 5) is 33.2. The molecule has 0 aromatic heterocycles. The minimum atomic E-state index is -0.797. The normalized spacial score (nSPS) is 10.4. The summed E-state index contributed by atoms with van der Waals surface area (Å²) in [6, 6.07) is 0. The first-order valence-corrected chi connectivity index (χ1v) is 4.84. The van der Waals surface area contributed by atoms with Crippen LogP contribution in [0.15, 0.2) is 11.8 Å². The van der Waals surface area contributed by atoms with Crippen LogP contribution in [-0.4, -0.2) is 38.9 Å². The number of carbonyl (C=O) groups excluding carboxylic acids is 3. The molecule has 0 spiro atoms. The third kappa shape index (κ3) is 6.18. The number of alkyl carbamates (subject to hydrolysis) is 1. The van der Waals surface area contributed by atoms with Crippen LogP contribution in [0.4, 0.5) is 4.79 Å². The fraction of sp³-hybridized carbons (Fsp3) is 0.500. The molecule has 1 amide bonds. The van der Waals surface area contributed by atoms with Gasteiger partial charge in [0.1, 0.15) is 5.70 Å². The van der Waals surface area contributed by atoms with Crippen LogP contribution in [-0.2, 0) is 23.8 Å². The first kappa shape index (κ1) is 14.9. The van der Waals surface area contributed by atoms with Gasteiger partial charge < -0.3 is 14.2 Å². The van der Waals surface area contributed by atoms with Crippen molar-refractivity contribution >= 4 is 18.0 Å². The third-order valence-electron chi connectivity index (χ3n) is 1.62. The number of amides is 1. The molecule has 0 aliphatic carbocycles. The molecule has 7 nitrogen and oxygen atoms in total. The van der Waals surface area contributed by atoms with Gasteiger partial charge in [-0.25, -0.2) is 9.59 Å². The second-order valence-corrected chi connectivity index (χ2v) is 2.74. The molecule has 0 saturated heterocycles. The van der Waals surface area contributed by atoms with Crippen LogP contribution >= 0.6 is 0 Å². The Kier molecular flexibility index (Phi) is 7.16. The number of hydrogen-bond donors (Lipinski definition) is 1. The maximum atomic E-state index is 11.2. The molecule has 1 N–H and O–H groups in total. The van der Waals surface area contributed by atoms with E-state index in [1.165, 1.54) is 13.2 Å². The van der Waals surface area contributed by atoms with Gasteiger partial charge in [0.05, 0.1) is 27.2 Å². The Bertz CT molecular complexity index is 323. The zero-order chi connectivity index (χ0) is 13.3. The fourth-order valence-electron chi connectivity index (χ4n) is 0.841. The van der Waals surface area contributed by atoms with E-state index < -0.39 is 18.0 Å². The van der Waals surface area contributed by atoms with E-state index in [1.54, 1.807) is 6.92 Å². The first-order valence-electron chi connectivity index (χ1n) is 4.84. The summed E-state index contributed by atoms with van der Waals surface area (Å²) in [5, 5.41) is 2.17. The van der Waals surface area contributed by atoms with Gasteiger partial charge >= 0.3 is 18.0 Å². The van der Waals surface area contributed by atoms with Crippen molar-refractivity contribution in [3.8, 4) is 0 Å². The molecule has 17 heavy (non-hydrogen) atoms. The zero-order valence-electron chi connectivity index (χ0n) is 9.94. The van der Waals surface area contributed by atoms with Gasteiger partial charge in [-0.05, 0) is 13.0 Å². The highest BCUT2D eigenvalue weighted by Crippen LogP contribution is 1.98. The molecule has 0 heterocycles. The van der Waals surface area contributed by atoms with E-state index in [1.807, 2.05) is 0 Å². The highest BCUT2D eigenvalue weighted by atomic mass is 16.6. The summed E-state index contributed by atoms with van der Waals surface area (Å²) in [5.74, 6) is -1.32. The Morgan fingerprint density at radius 3 is 2.29 bits per heavy atom. The van der Waals surface area contributed by atoms with E-state index in [0.717, 1.165) is 7.11 Å². The van der Waals surface area contributed by atoms with Crippen LogP contribution in [0, 0.1) is 0 Å². The molecule has 0 fully saturated rings. The number of ether oxygens (including phenoxy) is 3. The van der Waals surface area contributed by atoms with Crippen molar-refractivity contribution in [1.82, 2.24) is 5.32 Å². The molecule has 0 saturated carbocycles. The van der Waals surface area contributed by atoms with Crippen molar-refractivity contribution < 1.29 is 28.6 Å². The van der Waals surface area contributed by atoms with E-state index in [0.29, 0.717) is 0 Å². The Morgan fingerprint density at radius 2 is 1.82 bits per heavy atom. The lowest BCUT2D eigenvalue weighted by molar-refractivity contribution is -0.139. The number of esters is 2. The predicted octanol–water partition coefficient (Wildman–Crippen LogP) is 0.352. The lowest BCUT2D eigenvalue weighted by Gasteiger charge is -2.07. The monoisotopic (exact) mass is 245 g/mol. The topological polar surface area (TPSA) is 90.9 Å². The molecule has 0 radical (unpaired) electrons. The molecule has 0 unspecified atom stereocenters. The SMILES string of the molecule is CCOC(=O)N/C(=C/CC(=O)OC)C(=O)OC. The summed E-state index contributed by atoms with van der Waals surface area (Å²) in [5.41, 5.74) is -0.170. The molecule has 0 rings (SSSR count). The smallest absolute Gasteiger partial charge is 0.411 e. The van der Waals surface area contributed by atoms with E-state index in [4.69, 9.17) is 0 Å². The number of nitrogens with one attached hydrogen (secondary N) is 1. The predicted molar refractivity (Wildman–Crippen MR) is 56.9 cm³/mol. The van der Waals surface area contributed by atoms with Gasteiger partial charge in [0.25, 0.3) is 0 Å². The fourth-order valence-corrected chi connectivity index (χ4v) is 0.841. The van der Waals surface area contributed by atoms with Crippen molar-refractivity contribution in [3.63, 3.8) is 0 Å². The van der Waals surface area contributed by atoms with Crippen LogP contribution in [0.25, 0.3) is 0 Å². The van der Waals surface area contributed by atoms with Crippen LogP contribution in [0.3, 0.4) is 0 Å². The van der Waals surface area contributed by atoms with Crippen molar-refractivity contribution in [2.75, 3.05) is 20.8 Å².